The highest BCUT2D eigenvalue weighted by Gasteiger charge is 2.19. The fourth-order valence-corrected chi connectivity index (χ4v) is 7.84. The summed E-state index contributed by atoms with van der Waals surface area (Å²) < 4.78 is 6.48. The van der Waals surface area contributed by atoms with Crippen molar-refractivity contribution in [2.24, 2.45) is 0 Å². The van der Waals surface area contributed by atoms with E-state index in [0.29, 0.717) is 34.6 Å². The Kier molecular flexibility index (Phi) is 9.06. The Hall–Kier alpha value is -8.35. The van der Waals surface area contributed by atoms with E-state index in [1.54, 1.807) is 0 Å². The van der Waals surface area contributed by atoms with Gasteiger partial charge in [-0.05, 0) is 57.6 Å². The van der Waals surface area contributed by atoms with E-state index in [9.17, 15) is 0 Å². The number of para-hydroxylation sites is 1. The summed E-state index contributed by atoms with van der Waals surface area (Å²) in [6.45, 7) is 0. The Morgan fingerprint density at radius 2 is 0.639 bits per heavy atom. The van der Waals surface area contributed by atoms with E-state index >= 15 is 0 Å². The minimum atomic E-state index is 0.567. The van der Waals surface area contributed by atoms with Crippen LogP contribution in [0.2, 0.25) is 0 Å². The van der Waals surface area contributed by atoms with Gasteiger partial charge in [0.25, 0.3) is 0 Å². The average Bonchev–Trinajstić information content (AvgIpc) is 3.73. The van der Waals surface area contributed by atoms with Crippen molar-refractivity contribution >= 4 is 22.1 Å². The summed E-state index contributed by atoms with van der Waals surface area (Å²) in [4.78, 5) is 25.6. The van der Waals surface area contributed by atoms with Gasteiger partial charge in [0.15, 0.2) is 28.9 Å². The van der Waals surface area contributed by atoms with Gasteiger partial charge in [0, 0.05) is 33.2 Å². The summed E-state index contributed by atoms with van der Waals surface area (Å²) in [5, 5.41) is 0.942. The van der Waals surface area contributed by atoms with Gasteiger partial charge >= 0.3 is 0 Å². The maximum Gasteiger partial charge on any atom is 0.180 e. The van der Waals surface area contributed by atoms with E-state index < -0.39 is 0 Å². The van der Waals surface area contributed by atoms with Gasteiger partial charge in [0.1, 0.15) is 16.8 Å². The zero-order valence-corrected chi connectivity index (χ0v) is 32.9. The van der Waals surface area contributed by atoms with Gasteiger partial charge in [-0.2, -0.15) is 0 Å². The van der Waals surface area contributed by atoms with Crippen LogP contribution >= 0.6 is 0 Å². The molecule has 0 fully saturated rings. The van der Waals surface area contributed by atoms with E-state index in [0.717, 1.165) is 77.7 Å². The summed E-state index contributed by atoms with van der Waals surface area (Å²) in [7, 11) is 0. The summed E-state index contributed by atoms with van der Waals surface area (Å²) in [6, 6.07) is 72.4. The van der Waals surface area contributed by atoms with E-state index in [1.807, 2.05) is 54.6 Å². The highest BCUT2D eigenvalue weighted by Crippen LogP contribution is 2.37. The first-order valence-corrected chi connectivity index (χ1v) is 20.2. The molecule has 0 radical (unpaired) electrons. The van der Waals surface area contributed by atoms with E-state index in [4.69, 9.17) is 29.3 Å². The molecule has 0 amide bonds. The molecule has 3 heterocycles. The Morgan fingerprint density at radius 1 is 0.262 bits per heavy atom. The lowest BCUT2D eigenvalue weighted by Gasteiger charge is -2.11. The summed E-state index contributed by atoms with van der Waals surface area (Å²) in [5.74, 6) is 2.38. The fraction of sp³-hybridized carbons (Fsp3) is 0. The molecule has 286 valence electrons. The van der Waals surface area contributed by atoms with Crippen LogP contribution in [0.1, 0.15) is 0 Å². The third-order valence-electron chi connectivity index (χ3n) is 11.0. The zero-order valence-electron chi connectivity index (χ0n) is 32.9. The molecule has 0 aliphatic carbocycles. The number of hydrogen-bond acceptors (Lipinski definition) is 6. The molecule has 0 saturated heterocycles. The Labute approximate surface area is 352 Å². The molecule has 0 unspecified atom stereocenters. The van der Waals surface area contributed by atoms with Crippen LogP contribution in [0.15, 0.2) is 217 Å². The lowest BCUT2D eigenvalue weighted by atomic mass is 10.0. The number of furan rings is 1. The van der Waals surface area contributed by atoms with Gasteiger partial charge in [-0.25, -0.2) is 24.9 Å². The smallest absolute Gasteiger partial charge is 0.180 e. The van der Waals surface area contributed by atoms with Gasteiger partial charge in [-0.3, -0.25) is 0 Å². The minimum absolute atomic E-state index is 0.567. The van der Waals surface area contributed by atoms with Crippen LogP contribution in [0.5, 0.6) is 0 Å². The highest BCUT2D eigenvalue weighted by atomic mass is 16.3. The lowest BCUT2D eigenvalue weighted by molar-refractivity contribution is 0.667. The quantitative estimate of drug-likeness (QED) is 0.153. The van der Waals surface area contributed by atoms with Crippen molar-refractivity contribution in [2.45, 2.75) is 0 Å². The Bertz CT molecular complexity index is 3230. The number of nitrogens with zero attached hydrogens (tertiary/aromatic N) is 5. The zero-order chi connectivity index (χ0) is 40.5. The summed E-state index contributed by atoms with van der Waals surface area (Å²) >= 11 is 0. The normalized spacial score (nSPS) is 11.3. The van der Waals surface area contributed by atoms with Crippen LogP contribution in [-0.4, -0.2) is 24.9 Å². The maximum atomic E-state index is 6.48. The first-order valence-electron chi connectivity index (χ1n) is 20.2. The van der Waals surface area contributed by atoms with Crippen molar-refractivity contribution in [3.63, 3.8) is 0 Å². The van der Waals surface area contributed by atoms with E-state index in [1.165, 1.54) is 0 Å². The molecule has 0 spiro atoms. The van der Waals surface area contributed by atoms with Crippen LogP contribution < -0.4 is 0 Å². The average molecular weight is 782 g/mol. The van der Waals surface area contributed by atoms with Crippen LogP contribution in [0, 0.1) is 0 Å². The third-order valence-corrected chi connectivity index (χ3v) is 11.0. The van der Waals surface area contributed by atoms with Crippen molar-refractivity contribution in [1.29, 1.82) is 0 Å². The van der Waals surface area contributed by atoms with Crippen LogP contribution in [0.3, 0.4) is 0 Å². The van der Waals surface area contributed by atoms with Crippen molar-refractivity contribution in [1.82, 2.24) is 24.9 Å². The Morgan fingerprint density at radius 3 is 1.18 bits per heavy atom. The van der Waals surface area contributed by atoms with Crippen LogP contribution in [0.4, 0.5) is 0 Å². The predicted molar refractivity (Wildman–Crippen MR) is 246 cm³/mol. The number of fused-ring (bicyclic) bond motifs is 3. The Balaban J connectivity index is 1.02. The number of aromatic nitrogens is 5. The van der Waals surface area contributed by atoms with Crippen molar-refractivity contribution in [3.05, 3.63) is 212 Å². The van der Waals surface area contributed by atoms with Crippen molar-refractivity contribution in [2.75, 3.05) is 0 Å². The largest absolute Gasteiger partial charge is 0.452 e. The van der Waals surface area contributed by atoms with Gasteiger partial charge < -0.3 is 4.42 Å². The molecule has 11 rings (SSSR count). The van der Waals surface area contributed by atoms with Crippen molar-refractivity contribution in [3.8, 4) is 90.2 Å². The van der Waals surface area contributed by atoms with E-state index in [2.05, 4.69) is 158 Å². The lowest BCUT2D eigenvalue weighted by Crippen LogP contribution is -2.00. The van der Waals surface area contributed by atoms with Gasteiger partial charge in [-0.15, -0.1) is 0 Å². The minimum Gasteiger partial charge on any atom is -0.452 e. The standard InChI is InChI=1S/C55H35N5O/c1-4-14-36(15-5-1)39-26-30-41(31-27-39)52-56-49(51-50(57-52)47-24-10-11-25-48(47)61-51)40-28-32-42(33-29-40)53-58-54(45-22-12-20-43(34-45)37-16-6-2-7-17-37)60-55(59-53)46-23-13-21-44(35-46)38-18-8-3-9-19-38/h1-35H. The van der Waals surface area contributed by atoms with Gasteiger partial charge in [0.05, 0.1) is 0 Å². The molecule has 6 heteroatoms. The third kappa shape index (κ3) is 7.02. The maximum absolute atomic E-state index is 6.48. The molecule has 8 aromatic carbocycles. The molecule has 61 heavy (non-hydrogen) atoms. The van der Waals surface area contributed by atoms with Crippen LogP contribution in [0.25, 0.3) is 112 Å². The van der Waals surface area contributed by atoms with Crippen LogP contribution in [-0.2, 0) is 0 Å². The molecule has 6 nitrogen and oxygen atoms in total. The molecular weight excluding hydrogens is 747 g/mol. The molecule has 0 N–H and O–H groups in total. The topological polar surface area (TPSA) is 77.6 Å². The molecule has 0 atom stereocenters. The first kappa shape index (κ1) is 35.8. The number of benzene rings is 8. The first-order chi connectivity index (χ1) is 30.2. The molecule has 0 aliphatic rings. The summed E-state index contributed by atoms with van der Waals surface area (Å²) in [6.07, 6.45) is 0. The van der Waals surface area contributed by atoms with Gasteiger partial charge in [0.2, 0.25) is 0 Å². The predicted octanol–water partition coefficient (Wildman–Crippen LogP) is 13.9. The van der Waals surface area contributed by atoms with Crippen molar-refractivity contribution < 1.29 is 4.42 Å². The summed E-state index contributed by atoms with van der Waals surface area (Å²) in [5.41, 5.74) is 14.1. The molecular formula is C55H35N5O. The SMILES string of the molecule is c1ccc(-c2ccc(-c3nc(-c4ccc(-c5nc(-c6cccc(-c7ccccc7)c6)nc(-c6cccc(-c7ccccc7)c6)n5)cc4)c4oc5ccccc5c4n3)cc2)cc1. The molecule has 0 aliphatic heterocycles. The number of rotatable bonds is 8. The second-order valence-corrected chi connectivity index (χ2v) is 14.9. The van der Waals surface area contributed by atoms with Gasteiger partial charge in [-0.1, -0.05) is 188 Å². The highest BCUT2D eigenvalue weighted by molar-refractivity contribution is 6.07. The van der Waals surface area contributed by atoms with E-state index in [-0.39, 0.29) is 0 Å². The second kappa shape index (κ2) is 15.4. The number of hydrogen-bond donors (Lipinski definition) is 0. The molecule has 0 bridgehead atoms. The molecule has 3 aromatic heterocycles. The fourth-order valence-electron chi connectivity index (χ4n) is 7.84. The second-order valence-electron chi connectivity index (χ2n) is 14.9. The molecule has 0 saturated carbocycles. The molecule has 11 aromatic rings. The monoisotopic (exact) mass is 781 g/mol.